The van der Waals surface area contributed by atoms with Gasteiger partial charge in [-0.25, -0.2) is 4.79 Å². The second kappa shape index (κ2) is 12.0. The molecule has 0 spiro atoms. The van der Waals surface area contributed by atoms with Crippen LogP contribution in [-0.2, 0) is 19.1 Å². The van der Waals surface area contributed by atoms with E-state index in [1.54, 1.807) is 64.3 Å². The molecule has 1 saturated carbocycles. The van der Waals surface area contributed by atoms with Gasteiger partial charge in [0.1, 0.15) is 23.4 Å². The predicted octanol–water partition coefficient (Wildman–Crippen LogP) is 3.44. The van der Waals surface area contributed by atoms with E-state index in [4.69, 9.17) is 15.2 Å². The minimum atomic E-state index is -1.30. The van der Waals surface area contributed by atoms with Crippen LogP contribution >= 0.6 is 0 Å². The van der Waals surface area contributed by atoms with Crippen molar-refractivity contribution in [2.45, 2.75) is 70.7 Å². The zero-order valence-electron chi connectivity index (χ0n) is 22.4. The summed E-state index contributed by atoms with van der Waals surface area (Å²) in [5.41, 5.74) is 6.72. The molecule has 10 heteroatoms. The van der Waals surface area contributed by atoms with Crippen LogP contribution in [0.15, 0.2) is 48.5 Å². The molecule has 4 N–H and O–H groups in total. The Balaban J connectivity index is 1.96. The van der Waals surface area contributed by atoms with Crippen LogP contribution in [-0.4, -0.2) is 53.5 Å². The van der Waals surface area contributed by atoms with Gasteiger partial charge in [0.2, 0.25) is 11.8 Å². The summed E-state index contributed by atoms with van der Waals surface area (Å²) in [5.74, 6) is -1.16. The number of primary amides is 1. The summed E-state index contributed by atoms with van der Waals surface area (Å²) in [5, 5.41) is 5.37. The molecule has 0 radical (unpaired) electrons. The number of carbonyl (C=O) groups is 4. The Bertz CT molecular complexity index is 1150. The van der Waals surface area contributed by atoms with Gasteiger partial charge in [-0.05, 0) is 70.4 Å². The van der Waals surface area contributed by atoms with E-state index in [1.165, 1.54) is 4.90 Å². The molecule has 0 aromatic heterocycles. The predicted molar refractivity (Wildman–Crippen MR) is 142 cm³/mol. The molecule has 1 aliphatic rings. The number of anilines is 1. The molecule has 38 heavy (non-hydrogen) atoms. The molecule has 10 nitrogen and oxygen atoms in total. The Morgan fingerprint density at radius 3 is 2.13 bits per heavy atom. The van der Waals surface area contributed by atoms with Crippen molar-refractivity contribution in [3.05, 3.63) is 59.7 Å². The molecule has 2 aromatic carbocycles. The third-order valence-corrected chi connectivity index (χ3v) is 5.87. The number of hydrogen-bond acceptors (Lipinski definition) is 6. The van der Waals surface area contributed by atoms with Crippen LogP contribution in [0.25, 0.3) is 0 Å². The highest BCUT2D eigenvalue weighted by molar-refractivity contribution is 6.00. The maximum absolute atomic E-state index is 13.9. The Morgan fingerprint density at radius 2 is 1.63 bits per heavy atom. The van der Waals surface area contributed by atoms with E-state index in [9.17, 15) is 19.2 Å². The van der Waals surface area contributed by atoms with Gasteiger partial charge < -0.3 is 30.7 Å². The van der Waals surface area contributed by atoms with Crippen molar-refractivity contribution < 1.29 is 28.7 Å². The fourth-order valence-corrected chi connectivity index (χ4v) is 3.97. The quantitative estimate of drug-likeness (QED) is 0.435. The Hall–Kier alpha value is -4.08. The van der Waals surface area contributed by atoms with Crippen molar-refractivity contribution in [2.75, 3.05) is 12.4 Å². The zero-order chi connectivity index (χ0) is 28.0. The lowest BCUT2D eigenvalue weighted by atomic mass is 10.0. The molecule has 0 saturated heterocycles. The van der Waals surface area contributed by atoms with Crippen molar-refractivity contribution in [1.29, 1.82) is 0 Å². The summed E-state index contributed by atoms with van der Waals surface area (Å²) < 4.78 is 10.5. The fourth-order valence-electron chi connectivity index (χ4n) is 3.97. The Morgan fingerprint density at radius 1 is 1.03 bits per heavy atom. The van der Waals surface area contributed by atoms with Crippen LogP contribution < -0.4 is 21.1 Å². The number of rotatable bonds is 10. The lowest BCUT2D eigenvalue weighted by molar-refractivity contribution is -0.142. The second-order valence-corrected chi connectivity index (χ2v) is 10.4. The molecule has 0 aliphatic heterocycles. The summed E-state index contributed by atoms with van der Waals surface area (Å²) in [6.07, 6.45) is 0.0591. The molecule has 0 bridgehead atoms. The molecule has 0 heterocycles. The van der Waals surface area contributed by atoms with Gasteiger partial charge in [-0.3, -0.25) is 14.4 Å². The lowest BCUT2D eigenvalue weighted by Gasteiger charge is -2.34. The SMILES string of the molecule is COc1ccc(NC(=O)C(c2ccc(C)cc2)N(C(=O)C(CC(N)=O)NC(=O)OC(C)(C)C)C2CC2)cc1. The third kappa shape index (κ3) is 7.96. The van der Waals surface area contributed by atoms with Gasteiger partial charge in [0.25, 0.3) is 5.91 Å². The number of amides is 4. The average Bonchev–Trinajstić information content (AvgIpc) is 3.66. The number of hydrogen-bond donors (Lipinski definition) is 3. The molecular weight excluding hydrogens is 488 g/mol. The number of aryl methyl sites for hydroxylation is 1. The Kier molecular flexibility index (Phi) is 8.98. The van der Waals surface area contributed by atoms with Crippen LogP contribution in [0.5, 0.6) is 5.75 Å². The van der Waals surface area contributed by atoms with Gasteiger partial charge in [-0.2, -0.15) is 0 Å². The Labute approximate surface area is 222 Å². The number of nitrogens with one attached hydrogen (secondary N) is 2. The summed E-state index contributed by atoms with van der Waals surface area (Å²) in [7, 11) is 1.55. The van der Waals surface area contributed by atoms with E-state index in [2.05, 4.69) is 10.6 Å². The number of carbonyl (C=O) groups excluding carboxylic acids is 4. The van der Waals surface area contributed by atoms with E-state index in [0.29, 0.717) is 29.8 Å². The molecule has 1 fully saturated rings. The van der Waals surface area contributed by atoms with Gasteiger partial charge in [0, 0.05) is 11.7 Å². The fraction of sp³-hybridized carbons (Fsp3) is 0.429. The standard InChI is InChI=1S/C28H36N4O6/c1-17-6-8-18(9-7-17)24(25(34)30-19-10-14-21(37-5)15-11-19)32(20-12-13-20)26(35)22(16-23(29)33)31-27(36)38-28(2,3)4/h6-11,14-15,20,22,24H,12-13,16H2,1-5H3,(H2,29,33)(H,30,34)(H,31,36). The number of alkyl carbamates (subject to hydrolysis) is 1. The minimum Gasteiger partial charge on any atom is -0.497 e. The lowest BCUT2D eigenvalue weighted by Crippen LogP contribution is -2.54. The summed E-state index contributed by atoms with van der Waals surface area (Å²) in [4.78, 5) is 53.5. The highest BCUT2D eigenvalue weighted by atomic mass is 16.6. The number of ether oxygens (including phenoxy) is 2. The number of nitrogens with zero attached hydrogens (tertiary/aromatic N) is 1. The van der Waals surface area contributed by atoms with Crippen LogP contribution in [0.3, 0.4) is 0 Å². The number of nitrogens with two attached hydrogens (primary N) is 1. The molecule has 2 atom stereocenters. The largest absolute Gasteiger partial charge is 0.497 e. The zero-order valence-corrected chi connectivity index (χ0v) is 22.4. The summed E-state index contributed by atoms with van der Waals surface area (Å²) in [6, 6.07) is 11.6. The molecular formula is C28H36N4O6. The normalized spacial score (nSPS) is 14.6. The van der Waals surface area contributed by atoms with Crippen LogP contribution in [0, 0.1) is 6.92 Å². The maximum Gasteiger partial charge on any atom is 0.408 e. The summed E-state index contributed by atoms with van der Waals surface area (Å²) in [6.45, 7) is 6.98. The van der Waals surface area contributed by atoms with E-state index in [0.717, 1.165) is 5.56 Å². The topological polar surface area (TPSA) is 140 Å². The van der Waals surface area contributed by atoms with Crippen LogP contribution in [0.1, 0.15) is 57.2 Å². The molecule has 2 unspecified atom stereocenters. The van der Waals surface area contributed by atoms with Crippen LogP contribution in [0.4, 0.5) is 10.5 Å². The van der Waals surface area contributed by atoms with E-state index >= 15 is 0 Å². The first-order valence-corrected chi connectivity index (χ1v) is 12.5. The van der Waals surface area contributed by atoms with Crippen molar-refractivity contribution in [2.24, 2.45) is 5.73 Å². The van der Waals surface area contributed by atoms with E-state index < -0.39 is 47.9 Å². The average molecular weight is 525 g/mol. The smallest absolute Gasteiger partial charge is 0.408 e. The van der Waals surface area contributed by atoms with Crippen molar-refractivity contribution in [3.8, 4) is 5.75 Å². The minimum absolute atomic E-state index is 0.244. The van der Waals surface area contributed by atoms with Crippen molar-refractivity contribution >= 4 is 29.5 Å². The first-order valence-electron chi connectivity index (χ1n) is 12.5. The number of methoxy groups -OCH3 is 1. The highest BCUT2D eigenvalue weighted by Gasteiger charge is 2.44. The monoisotopic (exact) mass is 524 g/mol. The first-order chi connectivity index (χ1) is 17.9. The number of benzene rings is 2. The van der Waals surface area contributed by atoms with E-state index in [-0.39, 0.29) is 6.04 Å². The first kappa shape index (κ1) is 28.5. The van der Waals surface area contributed by atoms with Crippen LogP contribution in [0.2, 0.25) is 0 Å². The highest BCUT2D eigenvalue weighted by Crippen LogP contribution is 2.36. The molecule has 4 amide bonds. The van der Waals surface area contributed by atoms with Gasteiger partial charge >= 0.3 is 6.09 Å². The van der Waals surface area contributed by atoms with Gasteiger partial charge in [0.15, 0.2) is 0 Å². The third-order valence-electron chi connectivity index (χ3n) is 5.87. The van der Waals surface area contributed by atoms with E-state index in [1.807, 2.05) is 19.1 Å². The second-order valence-electron chi connectivity index (χ2n) is 10.4. The van der Waals surface area contributed by atoms with Gasteiger partial charge in [-0.15, -0.1) is 0 Å². The van der Waals surface area contributed by atoms with Crippen molar-refractivity contribution in [3.63, 3.8) is 0 Å². The van der Waals surface area contributed by atoms with Gasteiger partial charge in [-0.1, -0.05) is 29.8 Å². The van der Waals surface area contributed by atoms with Crippen molar-refractivity contribution in [1.82, 2.24) is 10.2 Å². The molecule has 1 aliphatic carbocycles. The molecule has 3 rings (SSSR count). The molecule has 204 valence electrons. The summed E-state index contributed by atoms with van der Waals surface area (Å²) >= 11 is 0. The maximum atomic E-state index is 13.9. The molecule has 2 aromatic rings. The van der Waals surface area contributed by atoms with Gasteiger partial charge in [0.05, 0.1) is 13.5 Å².